The van der Waals surface area contributed by atoms with Crippen LogP contribution in [0.15, 0.2) is 70.0 Å². The molecule has 0 bridgehead atoms. The van der Waals surface area contributed by atoms with Gasteiger partial charge in [-0.2, -0.15) is 4.99 Å². The third-order valence-electron chi connectivity index (χ3n) is 4.11. The van der Waals surface area contributed by atoms with Crippen LogP contribution in [0.3, 0.4) is 0 Å². The minimum Gasteiger partial charge on any atom is -0.327 e. The molecule has 0 unspecified atom stereocenters. The molecule has 0 aliphatic carbocycles. The van der Waals surface area contributed by atoms with Crippen molar-refractivity contribution in [2.24, 2.45) is 12.0 Å². The van der Waals surface area contributed by atoms with Crippen molar-refractivity contribution in [1.29, 1.82) is 0 Å². The van der Waals surface area contributed by atoms with Crippen LogP contribution in [0.25, 0.3) is 0 Å². The van der Waals surface area contributed by atoms with Crippen molar-refractivity contribution < 1.29 is 13.2 Å². The molecule has 3 rings (SSSR count). The molecule has 0 spiro atoms. The highest BCUT2D eigenvalue weighted by atomic mass is 32.2. The summed E-state index contributed by atoms with van der Waals surface area (Å²) in [6.45, 7) is 1.90. The van der Waals surface area contributed by atoms with Gasteiger partial charge in [-0.1, -0.05) is 17.7 Å². The quantitative estimate of drug-likeness (QED) is 0.675. The summed E-state index contributed by atoms with van der Waals surface area (Å²) >= 11 is 1.37. The summed E-state index contributed by atoms with van der Waals surface area (Å²) in [6, 6.07) is 13.0. The molecule has 6 nitrogen and oxygen atoms in total. The van der Waals surface area contributed by atoms with Crippen molar-refractivity contribution in [1.82, 2.24) is 4.57 Å². The molecule has 0 saturated heterocycles. The van der Waals surface area contributed by atoms with E-state index in [0.717, 1.165) is 5.56 Å². The number of sulfonamides is 1. The van der Waals surface area contributed by atoms with E-state index in [9.17, 15) is 13.2 Å². The predicted octanol–water partition coefficient (Wildman–Crippen LogP) is 2.96. The molecule has 1 amide bonds. The maximum atomic E-state index is 12.8. The van der Waals surface area contributed by atoms with Crippen molar-refractivity contribution in [3.05, 3.63) is 76.0 Å². The average molecular weight is 402 g/mol. The minimum atomic E-state index is -3.67. The van der Waals surface area contributed by atoms with Gasteiger partial charge in [-0.15, -0.1) is 11.3 Å². The number of aryl methyl sites for hydroxylation is 2. The Bertz CT molecular complexity index is 1130. The Kier molecular flexibility index (Phi) is 5.29. The van der Waals surface area contributed by atoms with E-state index in [0.29, 0.717) is 16.1 Å². The topological polar surface area (TPSA) is 71.7 Å². The summed E-state index contributed by atoms with van der Waals surface area (Å²) in [5.41, 5.74) is 1.85. The first kappa shape index (κ1) is 19.1. The van der Waals surface area contributed by atoms with Gasteiger partial charge >= 0.3 is 0 Å². The number of amides is 1. The molecule has 2 aromatic carbocycles. The third-order valence-corrected chi connectivity index (χ3v) is 6.76. The van der Waals surface area contributed by atoms with Crippen LogP contribution in [0.1, 0.15) is 15.9 Å². The number of thiazole rings is 1. The molecule has 0 atom stereocenters. The second kappa shape index (κ2) is 7.50. The molecule has 8 heteroatoms. The summed E-state index contributed by atoms with van der Waals surface area (Å²) in [6.07, 6.45) is 1.82. The van der Waals surface area contributed by atoms with Crippen molar-refractivity contribution in [3.63, 3.8) is 0 Å². The van der Waals surface area contributed by atoms with Crippen LogP contribution in [-0.4, -0.2) is 25.9 Å². The van der Waals surface area contributed by atoms with Gasteiger partial charge < -0.3 is 4.57 Å². The zero-order valence-corrected chi connectivity index (χ0v) is 16.8. The average Bonchev–Trinajstić information content (AvgIpc) is 3.06. The predicted molar refractivity (Wildman–Crippen MR) is 106 cm³/mol. The number of anilines is 1. The van der Waals surface area contributed by atoms with Crippen LogP contribution in [-0.2, 0) is 17.1 Å². The molecular weight excluding hydrogens is 382 g/mol. The molecule has 0 radical (unpaired) electrons. The molecule has 0 N–H and O–H groups in total. The van der Waals surface area contributed by atoms with Crippen LogP contribution in [0, 0.1) is 6.92 Å². The minimum absolute atomic E-state index is 0.218. The van der Waals surface area contributed by atoms with Crippen LogP contribution in [0.5, 0.6) is 0 Å². The zero-order valence-electron chi connectivity index (χ0n) is 15.2. The smallest absolute Gasteiger partial charge is 0.279 e. The lowest BCUT2D eigenvalue weighted by molar-refractivity contribution is 0.0998. The van der Waals surface area contributed by atoms with Gasteiger partial charge in [0.25, 0.3) is 15.9 Å². The van der Waals surface area contributed by atoms with Crippen LogP contribution in [0.2, 0.25) is 0 Å². The van der Waals surface area contributed by atoms with Crippen molar-refractivity contribution in [2.45, 2.75) is 11.8 Å². The van der Waals surface area contributed by atoms with Crippen LogP contribution in [0.4, 0.5) is 5.69 Å². The van der Waals surface area contributed by atoms with Crippen LogP contribution >= 0.6 is 11.3 Å². The number of carbonyl (C=O) groups excluding carboxylic acids is 1. The van der Waals surface area contributed by atoms with E-state index in [1.165, 1.54) is 22.7 Å². The fourth-order valence-electron chi connectivity index (χ4n) is 2.41. The number of benzene rings is 2. The van der Waals surface area contributed by atoms with E-state index >= 15 is 0 Å². The van der Waals surface area contributed by atoms with Gasteiger partial charge in [-0.25, -0.2) is 8.42 Å². The molecule has 0 aliphatic heterocycles. The van der Waals surface area contributed by atoms with Crippen molar-refractivity contribution in [3.8, 4) is 0 Å². The van der Waals surface area contributed by atoms with E-state index < -0.39 is 10.0 Å². The summed E-state index contributed by atoms with van der Waals surface area (Å²) in [4.78, 5) is 17.2. The second-order valence-electron chi connectivity index (χ2n) is 6.05. The standard InChI is InChI=1S/C19H19N3O3S2/c1-14-4-10-17(11-5-14)27(24,25)22(3)16-8-6-15(7-9-16)18(23)20-19-21(2)12-13-26-19/h4-13H,1-3H3. The molecule has 3 aromatic rings. The monoisotopic (exact) mass is 401 g/mol. The van der Waals surface area contributed by atoms with Gasteiger partial charge in [0.1, 0.15) is 0 Å². The summed E-state index contributed by atoms with van der Waals surface area (Å²) in [5.74, 6) is -0.372. The number of aromatic nitrogens is 1. The Hall–Kier alpha value is -2.71. The summed E-state index contributed by atoms with van der Waals surface area (Å²) < 4.78 is 28.5. The van der Waals surface area contributed by atoms with Gasteiger partial charge in [-0.3, -0.25) is 9.10 Å². The molecule has 1 heterocycles. The molecule has 0 fully saturated rings. The normalized spacial score (nSPS) is 12.2. The van der Waals surface area contributed by atoms with Gasteiger partial charge in [0.2, 0.25) is 0 Å². The van der Waals surface area contributed by atoms with Gasteiger partial charge in [0, 0.05) is 31.2 Å². The number of hydrogen-bond donors (Lipinski definition) is 0. The van der Waals surface area contributed by atoms with E-state index in [1.807, 2.05) is 25.5 Å². The van der Waals surface area contributed by atoms with Gasteiger partial charge in [-0.05, 0) is 43.3 Å². The van der Waals surface area contributed by atoms with Crippen molar-refractivity contribution in [2.75, 3.05) is 11.4 Å². The Morgan fingerprint density at radius 3 is 2.26 bits per heavy atom. The molecule has 27 heavy (non-hydrogen) atoms. The highest BCUT2D eigenvalue weighted by Gasteiger charge is 2.21. The summed E-state index contributed by atoms with van der Waals surface area (Å²) in [5, 5.41) is 1.85. The first-order valence-electron chi connectivity index (χ1n) is 8.14. The molecule has 1 aromatic heterocycles. The second-order valence-corrected chi connectivity index (χ2v) is 8.89. The zero-order chi connectivity index (χ0) is 19.6. The Morgan fingerprint density at radius 2 is 1.70 bits per heavy atom. The van der Waals surface area contributed by atoms with Gasteiger partial charge in [0.15, 0.2) is 4.80 Å². The lowest BCUT2D eigenvalue weighted by atomic mass is 10.2. The SMILES string of the molecule is Cc1ccc(S(=O)(=O)N(C)c2ccc(C(=O)N=c3sccn3C)cc2)cc1. The third kappa shape index (κ3) is 4.01. The van der Waals surface area contributed by atoms with Crippen LogP contribution < -0.4 is 9.11 Å². The summed E-state index contributed by atoms with van der Waals surface area (Å²) in [7, 11) is -0.361. The highest BCUT2D eigenvalue weighted by Crippen LogP contribution is 2.22. The van der Waals surface area contributed by atoms with Crippen molar-refractivity contribution >= 4 is 33.0 Å². The number of carbonyl (C=O) groups is 1. The van der Waals surface area contributed by atoms with E-state index in [4.69, 9.17) is 0 Å². The number of nitrogens with zero attached hydrogens (tertiary/aromatic N) is 3. The van der Waals surface area contributed by atoms with E-state index in [-0.39, 0.29) is 10.8 Å². The lowest BCUT2D eigenvalue weighted by Crippen LogP contribution is -2.26. The fraction of sp³-hybridized carbons (Fsp3) is 0.158. The first-order chi connectivity index (χ1) is 12.8. The largest absolute Gasteiger partial charge is 0.327 e. The maximum absolute atomic E-state index is 12.8. The molecular formula is C19H19N3O3S2. The Labute approximate surface area is 162 Å². The Balaban J connectivity index is 1.85. The Morgan fingerprint density at radius 1 is 1.07 bits per heavy atom. The molecule has 0 aliphatic rings. The number of rotatable bonds is 4. The fourth-order valence-corrected chi connectivity index (χ4v) is 4.33. The number of hydrogen-bond acceptors (Lipinski definition) is 4. The van der Waals surface area contributed by atoms with E-state index in [1.54, 1.807) is 53.1 Å². The van der Waals surface area contributed by atoms with E-state index in [2.05, 4.69) is 4.99 Å². The maximum Gasteiger partial charge on any atom is 0.279 e. The lowest BCUT2D eigenvalue weighted by Gasteiger charge is -2.19. The highest BCUT2D eigenvalue weighted by molar-refractivity contribution is 7.92. The first-order valence-corrected chi connectivity index (χ1v) is 10.5. The molecule has 0 saturated carbocycles. The molecule has 140 valence electrons. The van der Waals surface area contributed by atoms with Gasteiger partial charge in [0.05, 0.1) is 10.6 Å².